The van der Waals surface area contributed by atoms with Crippen molar-refractivity contribution < 1.29 is 4.79 Å². The van der Waals surface area contributed by atoms with Gasteiger partial charge in [-0.1, -0.05) is 19.4 Å². The summed E-state index contributed by atoms with van der Waals surface area (Å²) in [5.74, 6) is 2.62. The Labute approximate surface area is 74.9 Å². The van der Waals surface area contributed by atoms with Crippen LogP contribution in [0, 0.1) is 12.3 Å². The fourth-order valence-corrected chi connectivity index (χ4v) is 0.949. The first kappa shape index (κ1) is 11.0. The molecule has 1 nitrogen and oxygen atoms in total. The molecule has 0 N–H and O–H groups in total. The average Bonchev–Trinajstić information content (AvgIpc) is 2.10. The molecule has 66 valence electrons. The summed E-state index contributed by atoms with van der Waals surface area (Å²) < 4.78 is 0. The molecule has 0 saturated carbocycles. The van der Waals surface area contributed by atoms with Crippen molar-refractivity contribution in [2.75, 3.05) is 0 Å². The fraction of sp³-hybridized carbons (Fsp3) is 0.545. The third kappa shape index (κ3) is 4.73. The van der Waals surface area contributed by atoms with Gasteiger partial charge in [-0.3, -0.25) is 4.79 Å². The van der Waals surface area contributed by atoms with Gasteiger partial charge in [0.1, 0.15) is 0 Å². The molecule has 0 fully saturated rings. The Balaban J connectivity index is 3.95. The maximum atomic E-state index is 11.2. The number of carbonyl (C=O) groups is 1. The minimum Gasteiger partial charge on any atom is -0.295 e. The molecule has 0 radical (unpaired) electrons. The normalized spacial score (nSPS) is 8.75. The van der Waals surface area contributed by atoms with Crippen molar-refractivity contribution in [3.63, 3.8) is 0 Å². The molecular formula is C11H16O. The maximum absolute atomic E-state index is 11.2. The molecule has 0 aliphatic carbocycles. The van der Waals surface area contributed by atoms with E-state index in [0.717, 1.165) is 12.8 Å². The van der Waals surface area contributed by atoms with Crippen LogP contribution in [0.4, 0.5) is 0 Å². The molecule has 0 aromatic rings. The molecule has 0 atom stereocenters. The van der Waals surface area contributed by atoms with Gasteiger partial charge in [0.2, 0.25) is 0 Å². The highest BCUT2D eigenvalue weighted by Crippen LogP contribution is 2.06. The van der Waals surface area contributed by atoms with Crippen LogP contribution in [0.3, 0.4) is 0 Å². The molecule has 0 aromatic carbocycles. The smallest absolute Gasteiger partial charge is 0.156 e. The van der Waals surface area contributed by atoms with E-state index in [9.17, 15) is 4.79 Å². The lowest BCUT2D eigenvalue weighted by Crippen LogP contribution is -1.93. The molecule has 0 saturated heterocycles. The van der Waals surface area contributed by atoms with Crippen LogP contribution in [-0.2, 0) is 4.79 Å². The van der Waals surface area contributed by atoms with E-state index < -0.39 is 0 Å². The van der Waals surface area contributed by atoms with E-state index in [1.807, 2.05) is 0 Å². The van der Waals surface area contributed by atoms with Crippen molar-refractivity contribution in [2.24, 2.45) is 0 Å². The summed E-state index contributed by atoms with van der Waals surface area (Å²) >= 11 is 0. The number of carbonyl (C=O) groups excluding carboxylic acids is 1. The van der Waals surface area contributed by atoms with Gasteiger partial charge in [0.25, 0.3) is 0 Å². The first-order valence-electron chi connectivity index (χ1n) is 4.40. The summed E-state index contributed by atoms with van der Waals surface area (Å²) in [6, 6.07) is 0. The summed E-state index contributed by atoms with van der Waals surface area (Å²) in [5.41, 5.74) is 1.21. The predicted molar refractivity (Wildman–Crippen MR) is 51.7 cm³/mol. The lowest BCUT2D eigenvalue weighted by atomic mass is 10.1. The summed E-state index contributed by atoms with van der Waals surface area (Å²) in [5, 5.41) is 0. The number of hydrogen-bond donors (Lipinski definition) is 0. The van der Waals surface area contributed by atoms with Gasteiger partial charge in [-0.15, -0.1) is 12.3 Å². The van der Waals surface area contributed by atoms with E-state index in [1.54, 1.807) is 6.08 Å². The second kappa shape index (κ2) is 6.67. The lowest BCUT2D eigenvalue weighted by Gasteiger charge is -1.97. The molecule has 0 unspecified atom stereocenters. The molecule has 0 bridgehead atoms. The van der Waals surface area contributed by atoms with Crippen LogP contribution in [0.2, 0.25) is 0 Å². The Morgan fingerprint density at radius 1 is 1.42 bits per heavy atom. The Hall–Kier alpha value is -1.03. The first-order valence-corrected chi connectivity index (χ1v) is 4.40. The summed E-state index contributed by atoms with van der Waals surface area (Å²) in [4.78, 5) is 11.2. The average molecular weight is 164 g/mol. The zero-order valence-corrected chi connectivity index (χ0v) is 7.89. The van der Waals surface area contributed by atoms with Gasteiger partial charge in [0.15, 0.2) is 5.78 Å². The Kier molecular flexibility index (Phi) is 6.09. The second-order valence-electron chi connectivity index (χ2n) is 2.68. The maximum Gasteiger partial charge on any atom is 0.156 e. The van der Waals surface area contributed by atoms with Crippen LogP contribution in [0.25, 0.3) is 0 Å². The zero-order chi connectivity index (χ0) is 9.40. The van der Waals surface area contributed by atoms with E-state index in [2.05, 4.69) is 19.8 Å². The molecule has 0 heterocycles. The van der Waals surface area contributed by atoms with Gasteiger partial charge in [-0.25, -0.2) is 0 Å². The highest BCUT2D eigenvalue weighted by molar-refractivity contribution is 5.90. The molecular weight excluding hydrogens is 148 g/mol. The van der Waals surface area contributed by atoms with Crippen LogP contribution in [0.1, 0.15) is 39.5 Å². The Morgan fingerprint density at radius 2 is 2.00 bits per heavy atom. The molecule has 1 heteroatoms. The monoisotopic (exact) mass is 164 g/mol. The van der Waals surface area contributed by atoms with Crippen LogP contribution < -0.4 is 0 Å². The Morgan fingerprint density at radius 3 is 2.42 bits per heavy atom. The fourth-order valence-electron chi connectivity index (χ4n) is 0.949. The quantitative estimate of drug-likeness (QED) is 0.451. The van der Waals surface area contributed by atoms with Crippen molar-refractivity contribution in [3.05, 3.63) is 11.6 Å². The summed E-state index contributed by atoms with van der Waals surface area (Å²) in [7, 11) is 0. The van der Waals surface area contributed by atoms with Gasteiger partial charge in [0.05, 0.1) is 0 Å². The zero-order valence-electron chi connectivity index (χ0n) is 7.89. The van der Waals surface area contributed by atoms with E-state index in [1.165, 1.54) is 5.57 Å². The number of terminal acetylenes is 1. The number of hydrogen-bond acceptors (Lipinski definition) is 1. The minimum atomic E-state index is 0.159. The Bertz CT molecular complexity index is 200. The van der Waals surface area contributed by atoms with Crippen molar-refractivity contribution in [1.82, 2.24) is 0 Å². The lowest BCUT2D eigenvalue weighted by molar-refractivity contribution is -0.114. The third-order valence-electron chi connectivity index (χ3n) is 1.79. The first-order chi connectivity index (χ1) is 5.74. The summed E-state index contributed by atoms with van der Waals surface area (Å²) in [6.07, 6.45) is 9.73. The summed E-state index contributed by atoms with van der Waals surface area (Å²) in [6.45, 7) is 4.12. The topological polar surface area (TPSA) is 17.1 Å². The van der Waals surface area contributed by atoms with Gasteiger partial charge in [-0.05, 0) is 18.9 Å². The molecule has 12 heavy (non-hydrogen) atoms. The van der Waals surface area contributed by atoms with Gasteiger partial charge in [0, 0.05) is 12.8 Å². The van der Waals surface area contributed by atoms with Crippen molar-refractivity contribution in [2.45, 2.75) is 39.5 Å². The van der Waals surface area contributed by atoms with Crippen LogP contribution in [0.5, 0.6) is 0 Å². The number of rotatable bonds is 5. The molecule has 0 spiro atoms. The SMILES string of the molecule is C#CCCC(=O)C=C(CC)CC. The highest BCUT2D eigenvalue weighted by Gasteiger charge is 1.97. The van der Waals surface area contributed by atoms with E-state index in [-0.39, 0.29) is 5.78 Å². The predicted octanol–water partition coefficient (Wildman–Crippen LogP) is 2.72. The van der Waals surface area contributed by atoms with Crippen molar-refractivity contribution in [3.8, 4) is 12.3 Å². The van der Waals surface area contributed by atoms with Crippen LogP contribution in [-0.4, -0.2) is 5.78 Å². The van der Waals surface area contributed by atoms with E-state index >= 15 is 0 Å². The minimum absolute atomic E-state index is 0.159. The van der Waals surface area contributed by atoms with Gasteiger partial charge >= 0.3 is 0 Å². The third-order valence-corrected chi connectivity index (χ3v) is 1.79. The van der Waals surface area contributed by atoms with Gasteiger partial charge in [-0.2, -0.15) is 0 Å². The number of ketones is 1. The van der Waals surface area contributed by atoms with Crippen LogP contribution >= 0.6 is 0 Å². The molecule has 0 aliphatic rings. The molecule has 0 rings (SSSR count). The highest BCUT2D eigenvalue weighted by atomic mass is 16.1. The van der Waals surface area contributed by atoms with E-state index in [0.29, 0.717) is 12.8 Å². The second-order valence-corrected chi connectivity index (χ2v) is 2.68. The van der Waals surface area contributed by atoms with Gasteiger partial charge < -0.3 is 0 Å². The van der Waals surface area contributed by atoms with Crippen molar-refractivity contribution >= 4 is 5.78 Å². The largest absolute Gasteiger partial charge is 0.295 e. The molecule has 0 amide bonds. The number of allylic oxidation sites excluding steroid dienone is 2. The molecule has 0 aromatic heterocycles. The van der Waals surface area contributed by atoms with Crippen molar-refractivity contribution in [1.29, 1.82) is 0 Å². The standard InChI is InChI=1S/C11H16O/c1-4-7-8-11(12)9-10(5-2)6-3/h1,9H,5-8H2,2-3H3. The molecule has 0 aliphatic heterocycles. The van der Waals surface area contributed by atoms with Crippen LogP contribution in [0.15, 0.2) is 11.6 Å². The van der Waals surface area contributed by atoms with E-state index in [4.69, 9.17) is 6.42 Å².